The van der Waals surface area contributed by atoms with Crippen LogP contribution in [-0.2, 0) is 23.0 Å². The van der Waals surface area contributed by atoms with Crippen LogP contribution in [0.25, 0.3) is 5.57 Å². The first-order chi connectivity index (χ1) is 19.7. The molecule has 0 radical (unpaired) electrons. The molecule has 0 saturated carbocycles. The van der Waals surface area contributed by atoms with E-state index in [2.05, 4.69) is 63.1 Å². The number of Topliss-reactive ketones (excluding diaryl/α,β-unsaturated/α-hetero) is 1. The second-order valence-corrected chi connectivity index (χ2v) is 11.7. The van der Waals surface area contributed by atoms with Crippen molar-refractivity contribution >= 4 is 11.4 Å². The van der Waals surface area contributed by atoms with Gasteiger partial charge in [0.2, 0.25) is 0 Å². The summed E-state index contributed by atoms with van der Waals surface area (Å²) in [7, 11) is 0. The van der Waals surface area contributed by atoms with Crippen LogP contribution in [0.2, 0.25) is 0 Å². The average molecular weight is 579 g/mol. The second-order valence-electron chi connectivity index (χ2n) is 11.7. The maximum absolute atomic E-state index is 13.4. The molecule has 0 aromatic heterocycles. The molecule has 4 nitrogen and oxygen atoms in total. The van der Waals surface area contributed by atoms with Crippen LogP contribution in [0.15, 0.2) is 91.7 Å². The number of allylic oxidation sites excluding steroid dienone is 1. The number of halogens is 3. The molecule has 0 heterocycles. The van der Waals surface area contributed by atoms with E-state index in [1.807, 2.05) is 36.4 Å². The lowest BCUT2D eigenvalue weighted by molar-refractivity contribution is -0.137. The SMILES string of the molecule is C=C(CCNC(C)(C)c1ccc(C(CC(=O)c2cccc(C(F)(F)F)c2)C(=C)c2ccc(CC(C)C)cc2)cc1)ON. The Kier molecular flexibility index (Phi) is 10.9. The zero-order valence-electron chi connectivity index (χ0n) is 24.9. The van der Waals surface area contributed by atoms with Crippen LogP contribution in [-0.4, -0.2) is 12.3 Å². The Bertz CT molecular complexity index is 1370. The molecule has 3 rings (SSSR count). The Morgan fingerprint density at radius 2 is 1.57 bits per heavy atom. The molecule has 7 heteroatoms. The first-order valence-corrected chi connectivity index (χ1v) is 14.1. The summed E-state index contributed by atoms with van der Waals surface area (Å²) >= 11 is 0. The highest BCUT2D eigenvalue weighted by Gasteiger charge is 2.31. The topological polar surface area (TPSA) is 64.3 Å². The van der Waals surface area contributed by atoms with E-state index in [-0.39, 0.29) is 23.3 Å². The van der Waals surface area contributed by atoms with Crippen molar-refractivity contribution in [2.45, 2.75) is 64.6 Å². The zero-order chi connectivity index (χ0) is 31.1. The van der Waals surface area contributed by atoms with Crippen LogP contribution < -0.4 is 11.2 Å². The number of carbonyl (C=O) groups excluding carboxylic acids is 1. The van der Waals surface area contributed by atoms with Gasteiger partial charge in [0.05, 0.1) is 5.56 Å². The van der Waals surface area contributed by atoms with E-state index >= 15 is 0 Å². The lowest BCUT2D eigenvalue weighted by Gasteiger charge is -2.28. The minimum atomic E-state index is -4.53. The van der Waals surface area contributed by atoms with Crippen LogP contribution >= 0.6 is 0 Å². The van der Waals surface area contributed by atoms with E-state index in [1.54, 1.807) is 0 Å². The van der Waals surface area contributed by atoms with Gasteiger partial charge in [-0.3, -0.25) is 4.79 Å². The minimum Gasteiger partial charge on any atom is -0.417 e. The van der Waals surface area contributed by atoms with Gasteiger partial charge in [-0.1, -0.05) is 87.7 Å². The second kappa shape index (κ2) is 14.0. The van der Waals surface area contributed by atoms with Crippen molar-refractivity contribution in [2.75, 3.05) is 6.54 Å². The number of nitrogens with two attached hydrogens (primary N) is 1. The smallest absolute Gasteiger partial charge is 0.416 e. The molecule has 3 aromatic rings. The van der Waals surface area contributed by atoms with Gasteiger partial charge >= 0.3 is 6.18 Å². The van der Waals surface area contributed by atoms with Crippen LogP contribution in [0.3, 0.4) is 0 Å². The zero-order valence-corrected chi connectivity index (χ0v) is 24.9. The Morgan fingerprint density at radius 1 is 0.929 bits per heavy atom. The molecular weight excluding hydrogens is 537 g/mol. The van der Waals surface area contributed by atoms with Gasteiger partial charge in [-0.25, -0.2) is 0 Å². The maximum atomic E-state index is 13.4. The average Bonchev–Trinajstić information content (AvgIpc) is 2.95. The third kappa shape index (κ3) is 8.91. The lowest BCUT2D eigenvalue weighted by Crippen LogP contribution is -2.37. The first-order valence-electron chi connectivity index (χ1n) is 14.1. The quantitative estimate of drug-likeness (QED) is 0.114. The minimum absolute atomic E-state index is 0.0178. The molecule has 42 heavy (non-hydrogen) atoms. The van der Waals surface area contributed by atoms with E-state index in [4.69, 9.17) is 5.90 Å². The number of hydrogen-bond donors (Lipinski definition) is 2. The molecule has 0 aliphatic rings. The molecule has 3 N–H and O–H groups in total. The van der Waals surface area contributed by atoms with Crippen molar-refractivity contribution in [1.82, 2.24) is 5.32 Å². The first kappa shape index (κ1) is 32.8. The van der Waals surface area contributed by atoms with Crippen molar-refractivity contribution in [1.29, 1.82) is 0 Å². The van der Waals surface area contributed by atoms with E-state index in [1.165, 1.54) is 17.7 Å². The summed E-state index contributed by atoms with van der Waals surface area (Å²) in [5.74, 6) is 5.35. The number of rotatable bonds is 14. The fourth-order valence-corrected chi connectivity index (χ4v) is 4.95. The Hall–Kier alpha value is -3.68. The van der Waals surface area contributed by atoms with Gasteiger partial charge in [0.1, 0.15) is 5.76 Å². The summed E-state index contributed by atoms with van der Waals surface area (Å²) in [6.45, 7) is 17.1. The monoisotopic (exact) mass is 578 g/mol. The van der Waals surface area contributed by atoms with E-state index in [0.29, 0.717) is 24.6 Å². The van der Waals surface area contributed by atoms with Crippen LogP contribution in [0.5, 0.6) is 0 Å². The lowest BCUT2D eigenvalue weighted by atomic mass is 9.81. The van der Waals surface area contributed by atoms with Gasteiger partial charge in [-0.15, -0.1) is 0 Å². The summed E-state index contributed by atoms with van der Waals surface area (Å²) in [5.41, 5.74) is 3.52. The molecule has 0 fully saturated rings. The maximum Gasteiger partial charge on any atom is 0.416 e. The number of carbonyl (C=O) groups is 1. The molecule has 0 spiro atoms. The van der Waals surface area contributed by atoms with Crippen LogP contribution in [0.4, 0.5) is 13.2 Å². The Balaban J connectivity index is 1.91. The number of benzene rings is 3. The standard InChI is InChI=1S/C35H41F3N2O2/c1-23(2)20-26-10-12-27(13-11-26)25(4)32(22-33(41)29-8-7-9-31(21-29)35(36,37)38)28-14-16-30(17-15-28)34(5,6)40-19-18-24(3)42-39/h7-17,21,23,32,40H,3-4,18-20,22,39H2,1-2,5-6H3. The highest BCUT2D eigenvalue weighted by atomic mass is 19.4. The molecule has 3 aromatic carbocycles. The van der Waals surface area contributed by atoms with Gasteiger partial charge < -0.3 is 10.2 Å². The Morgan fingerprint density at radius 3 is 2.14 bits per heavy atom. The van der Waals surface area contributed by atoms with Crippen molar-refractivity contribution in [2.24, 2.45) is 11.8 Å². The predicted molar refractivity (Wildman–Crippen MR) is 164 cm³/mol. The van der Waals surface area contributed by atoms with E-state index in [9.17, 15) is 18.0 Å². The molecule has 0 aliphatic carbocycles. The highest BCUT2D eigenvalue weighted by molar-refractivity contribution is 5.98. The summed E-state index contributed by atoms with van der Waals surface area (Å²) in [6.07, 6.45) is -3.04. The largest absolute Gasteiger partial charge is 0.417 e. The van der Waals surface area contributed by atoms with Crippen LogP contribution in [0, 0.1) is 5.92 Å². The third-order valence-electron chi connectivity index (χ3n) is 7.46. The van der Waals surface area contributed by atoms with Crippen LogP contribution in [0.1, 0.15) is 84.6 Å². The molecule has 0 amide bonds. The number of ketones is 1. The van der Waals surface area contributed by atoms with Crippen molar-refractivity contribution in [3.05, 3.63) is 125 Å². The fourth-order valence-electron chi connectivity index (χ4n) is 4.95. The third-order valence-corrected chi connectivity index (χ3v) is 7.46. The molecule has 1 unspecified atom stereocenters. The summed E-state index contributed by atoms with van der Waals surface area (Å²) in [5, 5.41) is 3.47. The number of hydrogen-bond acceptors (Lipinski definition) is 4. The number of nitrogens with one attached hydrogen (secondary N) is 1. The van der Waals surface area contributed by atoms with Gasteiger partial charge in [-0.05, 0) is 66.1 Å². The summed E-state index contributed by atoms with van der Waals surface area (Å²) in [4.78, 5) is 18.1. The van der Waals surface area contributed by atoms with Crippen molar-refractivity contribution in [3.8, 4) is 0 Å². The molecule has 1 atom stereocenters. The predicted octanol–water partition coefficient (Wildman–Crippen LogP) is 8.59. The van der Waals surface area contributed by atoms with Gasteiger partial charge in [0.25, 0.3) is 0 Å². The summed E-state index contributed by atoms with van der Waals surface area (Å²) < 4.78 is 40.0. The van der Waals surface area contributed by atoms with Gasteiger partial charge in [-0.2, -0.15) is 19.1 Å². The molecular formula is C35H41F3N2O2. The molecule has 224 valence electrons. The van der Waals surface area contributed by atoms with Crippen molar-refractivity contribution < 1.29 is 22.8 Å². The molecule has 0 bridgehead atoms. The number of alkyl halides is 3. The normalized spacial score (nSPS) is 12.7. The summed E-state index contributed by atoms with van der Waals surface area (Å²) in [6, 6.07) is 20.6. The molecule has 0 aliphatic heterocycles. The van der Waals surface area contributed by atoms with Gasteiger partial charge in [0, 0.05) is 36.4 Å². The van der Waals surface area contributed by atoms with E-state index in [0.717, 1.165) is 40.8 Å². The van der Waals surface area contributed by atoms with Gasteiger partial charge in [0.15, 0.2) is 5.78 Å². The Labute approximate surface area is 247 Å². The highest BCUT2D eigenvalue weighted by Crippen LogP contribution is 2.37. The fraction of sp³-hybridized carbons (Fsp3) is 0.343. The molecule has 0 saturated heterocycles. The van der Waals surface area contributed by atoms with E-state index < -0.39 is 17.7 Å². The van der Waals surface area contributed by atoms with Crippen molar-refractivity contribution in [3.63, 3.8) is 0 Å².